The first-order chi connectivity index (χ1) is 10.7. The average molecular weight is 294 g/mol. The molecular formula is C19H22N2O. The lowest BCUT2D eigenvalue weighted by Crippen LogP contribution is -2.29. The molecule has 0 saturated carbocycles. The molecule has 0 radical (unpaired) electrons. The zero-order chi connectivity index (χ0) is 15.4. The highest BCUT2D eigenvalue weighted by molar-refractivity contribution is 5.76. The van der Waals surface area contributed by atoms with Crippen molar-refractivity contribution in [2.75, 3.05) is 18.0 Å². The minimum Gasteiger partial charge on any atom is -0.370 e. The molecule has 1 amide bonds. The Labute approximate surface area is 132 Å². The Morgan fingerprint density at radius 3 is 2.73 bits per heavy atom. The monoisotopic (exact) mass is 294 g/mol. The maximum atomic E-state index is 12.0. The summed E-state index contributed by atoms with van der Waals surface area (Å²) in [7, 11) is 0. The van der Waals surface area contributed by atoms with Crippen LogP contribution in [0.4, 0.5) is 5.69 Å². The number of hydrogen-bond donors (Lipinski definition) is 1. The highest BCUT2D eigenvalue weighted by atomic mass is 16.1. The van der Waals surface area contributed by atoms with E-state index in [-0.39, 0.29) is 5.91 Å². The maximum Gasteiger partial charge on any atom is 0.222 e. The Kier molecular flexibility index (Phi) is 4.42. The summed E-state index contributed by atoms with van der Waals surface area (Å²) in [4.78, 5) is 14.3. The molecule has 0 aromatic heterocycles. The van der Waals surface area contributed by atoms with Crippen LogP contribution in [0.3, 0.4) is 0 Å². The van der Waals surface area contributed by atoms with Crippen molar-refractivity contribution >= 4 is 11.6 Å². The van der Waals surface area contributed by atoms with E-state index in [0.29, 0.717) is 13.0 Å². The van der Waals surface area contributed by atoms with Crippen molar-refractivity contribution in [3.8, 4) is 0 Å². The first kappa shape index (κ1) is 14.6. The number of fused-ring (bicyclic) bond motifs is 1. The summed E-state index contributed by atoms with van der Waals surface area (Å²) >= 11 is 0. The molecule has 1 heterocycles. The van der Waals surface area contributed by atoms with E-state index in [0.717, 1.165) is 25.1 Å². The molecule has 0 atom stereocenters. The van der Waals surface area contributed by atoms with Crippen LogP contribution in [0.1, 0.15) is 23.1 Å². The van der Waals surface area contributed by atoms with Crippen molar-refractivity contribution in [3.63, 3.8) is 0 Å². The quantitative estimate of drug-likeness (QED) is 0.919. The van der Waals surface area contributed by atoms with E-state index in [2.05, 4.69) is 65.7 Å². The second kappa shape index (κ2) is 6.65. The molecule has 2 aromatic carbocycles. The molecule has 0 aliphatic carbocycles. The van der Waals surface area contributed by atoms with Gasteiger partial charge in [0.15, 0.2) is 0 Å². The third kappa shape index (κ3) is 3.48. The fraction of sp³-hybridized carbons (Fsp3) is 0.316. The van der Waals surface area contributed by atoms with Gasteiger partial charge in [0, 0.05) is 31.7 Å². The van der Waals surface area contributed by atoms with Gasteiger partial charge in [-0.1, -0.05) is 48.0 Å². The van der Waals surface area contributed by atoms with Crippen molar-refractivity contribution in [2.24, 2.45) is 0 Å². The minimum atomic E-state index is 0.116. The molecule has 2 aromatic rings. The van der Waals surface area contributed by atoms with Crippen LogP contribution in [0, 0.1) is 6.92 Å². The zero-order valence-corrected chi connectivity index (χ0v) is 13.0. The molecule has 0 saturated heterocycles. The predicted molar refractivity (Wildman–Crippen MR) is 90.0 cm³/mol. The van der Waals surface area contributed by atoms with Gasteiger partial charge in [0.1, 0.15) is 0 Å². The van der Waals surface area contributed by atoms with E-state index in [1.165, 1.54) is 16.8 Å². The van der Waals surface area contributed by atoms with E-state index in [1.54, 1.807) is 0 Å². The molecule has 0 fully saturated rings. The number of rotatable bonds is 5. The number of benzene rings is 2. The maximum absolute atomic E-state index is 12.0. The molecule has 22 heavy (non-hydrogen) atoms. The first-order valence-corrected chi connectivity index (χ1v) is 7.87. The average Bonchev–Trinajstić information content (AvgIpc) is 2.96. The van der Waals surface area contributed by atoms with Gasteiger partial charge in [-0.2, -0.15) is 0 Å². The van der Waals surface area contributed by atoms with Gasteiger partial charge in [0.2, 0.25) is 5.91 Å². The summed E-state index contributed by atoms with van der Waals surface area (Å²) in [5, 5.41) is 3.00. The molecule has 0 spiro atoms. The number of carbonyl (C=O) groups excluding carboxylic acids is 1. The topological polar surface area (TPSA) is 32.3 Å². The predicted octanol–water partition coefficient (Wildman–Crippen LogP) is 3.06. The van der Waals surface area contributed by atoms with E-state index < -0.39 is 0 Å². The minimum absolute atomic E-state index is 0.116. The van der Waals surface area contributed by atoms with Gasteiger partial charge in [0.05, 0.1) is 0 Å². The fourth-order valence-electron chi connectivity index (χ4n) is 2.87. The number of amides is 1. The first-order valence-electron chi connectivity index (χ1n) is 7.87. The zero-order valence-electron chi connectivity index (χ0n) is 13.0. The Morgan fingerprint density at radius 1 is 1.14 bits per heavy atom. The summed E-state index contributed by atoms with van der Waals surface area (Å²) in [6.07, 6.45) is 1.63. The van der Waals surface area contributed by atoms with Gasteiger partial charge in [0.25, 0.3) is 0 Å². The third-order valence-electron chi connectivity index (χ3n) is 4.20. The standard InChI is InChI=1S/C19H22N2O/c1-15-6-8-16(9-7-15)14-20-19(22)11-13-21-12-10-17-4-2-3-5-18(17)21/h2-9H,10-14H2,1H3,(H,20,22). The van der Waals surface area contributed by atoms with Gasteiger partial charge in [-0.3, -0.25) is 4.79 Å². The number of anilines is 1. The molecule has 3 heteroatoms. The number of aryl methyl sites for hydroxylation is 1. The Morgan fingerprint density at radius 2 is 1.91 bits per heavy atom. The van der Waals surface area contributed by atoms with E-state index in [1.807, 2.05) is 0 Å². The smallest absolute Gasteiger partial charge is 0.222 e. The molecule has 114 valence electrons. The van der Waals surface area contributed by atoms with Crippen LogP contribution in [-0.2, 0) is 17.8 Å². The van der Waals surface area contributed by atoms with Gasteiger partial charge >= 0.3 is 0 Å². The molecule has 3 nitrogen and oxygen atoms in total. The number of para-hydroxylation sites is 1. The number of carbonyl (C=O) groups is 1. The molecule has 3 rings (SSSR count). The van der Waals surface area contributed by atoms with Crippen LogP contribution in [0.25, 0.3) is 0 Å². The summed E-state index contributed by atoms with van der Waals surface area (Å²) < 4.78 is 0. The summed E-state index contributed by atoms with van der Waals surface area (Å²) in [6.45, 7) is 4.48. The highest BCUT2D eigenvalue weighted by Gasteiger charge is 2.18. The fourth-order valence-corrected chi connectivity index (χ4v) is 2.87. The van der Waals surface area contributed by atoms with E-state index in [4.69, 9.17) is 0 Å². The number of nitrogens with zero attached hydrogens (tertiary/aromatic N) is 1. The molecule has 0 bridgehead atoms. The molecule has 1 N–H and O–H groups in total. The lowest BCUT2D eigenvalue weighted by atomic mass is 10.1. The normalized spacial score (nSPS) is 13.0. The van der Waals surface area contributed by atoms with E-state index in [9.17, 15) is 4.79 Å². The van der Waals surface area contributed by atoms with Crippen molar-refractivity contribution in [3.05, 3.63) is 65.2 Å². The van der Waals surface area contributed by atoms with Crippen LogP contribution in [-0.4, -0.2) is 19.0 Å². The lowest BCUT2D eigenvalue weighted by molar-refractivity contribution is -0.121. The summed E-state index contributed by atoms with van der Waals surface area (Å²) in [5.74, 6) is 0.116. The van der Waals surface area contributed by atoms with E-state index >= 15 is 0 Å². The third-order valence-corrected chi connectivity index (χ3v) is 4.20. The van der Waals surface area contributed by atoms with Crippen molar-refractivity contribution in [2.45, 2.75) is 26.3 Å². The second-order valence-electron chi connectivity index (χ2n) is 5.88. The second-order valence-corrected chi connectivity index (χ2v) is 5.88. The van der Waals surface area contributed by atoms with Crippen LogP contribution in [0.15, 0.2) is 48.5 Å². The Balaban J connectivity index is 1.46. The van der Waals surface area contributed by atoms with Crippen LogP contribution >= 0.6 is 0 Å². The SMILES string of the molecule is Cc1ccc(CNC(=O)CCN2CCc3ccccc32)cc1. The van der Waals surface area contributed by atoms with Crippen molar-refractivity contribution in [1.29, 1.82) is 0 Å². The molecule has 1 aliphatic heterocycles. The number of nitrogens with one attached hydrogen (secondary N) is 1. The van der Waals surface area contributed by atoms with Crippen LogP contribution in [0.2, 0.25) is 0 Å². The Hall–Kier alpha value is -2.29. The Bertz CT molecular complexity index is 649. The summed E-state index contributed by atoms with van der Waals surface area (Å²) in [6, 6.07) is 16.7. The number of hydrogen-bond acceptors (Lipinski definition) is 2. The molecule has 1 aliphatic rings. The lowest BCUT2D eigenvalue weighted by Gasteiger charge is -2.19. The van der Waals surface area contributed by atoms with Crippen LogP contribution in [0.5, 0.6) is 0 Å². The van der Waals surface area contributed by atoms with Crippen molar-refractivity contribution in [1.82, 2.24) is 5.32 Å². The van der Waals surface area contributed by atoms with Gasteiger partial charge in [-0.25, -0.2) is 0 Å². The van der Waals surface area contributed by atoms with Gasteiger partial charge < -0.3 is 10.2 Å². The van der Waals surface area contributed by atoms with Crippen LogP contribution < -0.4 is 10.2 Å². The van der Waals surface area contributed by atoms with Crippen molar-refractivity contribution < 1.29 is 4.79 Å². The molecular weight excluding hydrogens is 272 g/mol. The largest absolute Gasteiger partial charge is 0.370 e. The summed E-state index contributed by atoms with van der Waals surface area (Å²) in [5.41, 5.74) is 5.06. The van der Waals surface area contributed by atoms with Gasteiger partial charge in [-0.15, -0.1) is 0 Å². The molecule has 0 unspecified atom stereocenters. The highest BCUT2D eigenvalue weighted by Crippen LogP contribution is 2.27. The van der Waals surface area contributed by atoms with Gasteiger partial charge in [-0.05, 0) is 30.5 Å².